The van der Waals surface area contributed by atoms with Gasteiger partial charge in [-0.15, -0.1) is 0 Å². The molecule has 2 heterocycles. The Morgan fingerprint density at radius 2 is 2.50 bits per heavy atom. The third-order valence-electron chi connectivity index (χ3n) is 2.95. The molecule has 2 rings (SSSR count). The van der Waals surface area contributed by atoms with Gasteiger partial charge in [0.25, 0.3) is 5.91 Å². The van der Waals surface area contributed by atoms with Crippen LogP contribution in [0.1, 0.15) is 30.1 Å². The predicted octanol–water partition coefficient (Wildman–Crippen LogP) is 2.14. The highest BCUT2D eigenvalue weighted by Crippen LogP contribution is 2.25. The van der Waals surface area contributed by atoms with Crippen molar-refractivity contribution in [1.82, 2.24) is 10.3 Å². The molecule has 0 bridgehead atoms. The van der Waals surface area contributed by atoms with Crippen LogP contribution in [0, 0.1) is 0 Å². The molecule has 1 saturated heterocycles. The first-order valence-corrected chi connectivity index (χ1v) is 7.44. The minimum atomic E-state index is -0.0356. The summed E-state index contributed by atoms with van der Waals surface area (Å²) in [5.74, 6) is 1.18. The zero-order valence-corrected chi connectivity index (χ0v) is 11.4. The molecule has 1 atom stereocenters. The Morgan fingerprint density at radius 1 is 1.61 bits per heavy atom. The van der Waals surface area contributed by atoms with Crippen LogP contribution in [0.2, 0.25) is 0 Å². The van der Waals surface area contributed by atoms with Crippen LogP contribution in [0.3, 0.4) is 0 Å². The first-order chi connectivity index (χ1) is 8.81. The quantitative estimate of drug-likeness (QED) is 0.856. The Labute approximate surface area is 112 Å². The molecule has 5 heteroatoms. The number of pyridine rings is 1. The van der Waals surface area contributed by atoms with Crippen LogP contribution < -0.4 is 10.6 Å². The van der Waals surface area contributed by atoms with Gasteiger partial charge in [0.15, 0.2) is 0 Å². The molecule has 4 nitrogen and oxygen atoms in total. The number of aromatic nitrogens is 1. The Morgan fingerprint density at radius 3 is 3.22 bits per heavy atom. The number of anilines is 1. The van der Waals surface area contributed by atoms with Gasteiger partial charge in [0.1, 0.15) is 0 Å². The standard InChI is InChI=1S/C13H19N3OS/c1-2-15-12-5-6-14-9-11(12)13(17)16-8-10-4-3-7-18-10/h5-6,9-10H,2-4,7-8H2,1H3,(H,14,15)(H,16,17). The van der Waals surface area contributed by atoms with Crippen molar-refractivity contribution in [1.29, 1.82) is 0 Å². The SMILES string of the molecule is CCNc1ccncc1C(=O)NCC1CCCS1. The van der Waals surface area contributed by atoms with E-state index in [2.05, 4.69) is 15.6 Å². The molecule has 1 aliphatic rings. The summed E-state index contributed by atoms with van der Waals surface area (Å²) in [5, 5.41) is 6.76. The molecule has 0 aromatic carbocycles. The second-order valence-corrected chi connectivity index (χ2v) is 5.70. The lowest BCUT2D eigenvalue weighted by Crippen LogP contribution is -2.30. The number of carbonyl (C=O) groups excluding carboxylic acids is 1. The maximum absolute atomic E-state index is 12.1. The van der Waals surface area contributed by atoms with Crippen molar-refractivity contribution in [3.8, 4) is 0 Å². The number of hydrogen-bond acceptors (Lipinski definition) is 4. The lowest BCUT2D eigenvalue weighted by atomic mass is 10.2. The lowest BCUT2D eigenvalue weighted by Gasteiger charge is -2.12. The molecular formula is C13H19N3OS. The number of nitrogens with zero attached hydrogens (tertiary/aromatic N) is 1. The zero-order valence-electron chi connectivity index (χ0n) is 10.6. The number of nitrogens with one attached hydrogen (secondary N) is 2. The predicted molar refractivity (Wildman–Crippen MR) is 76.2 cm³/mol. The maximum atomic E-state index is 12.1. The highest BCUT2D eigenvalue weighted by atomic mass is 32.2. The Balaban J connectivity index is 1.94. The first-order valence-electron chi connectivity index (χ1n) is 6.39. The fraction of sp³-hybridized carbons (Fsp3) is 0.538. The van der Waals surface area contributed by atoms with Crippen molar-refractivity contribution in [3.05, 3.63) is 24.0 Å². The van der Waals surface area contributed by atoms with Gasteiger partial charge >= 0.3 is 0 Å². The minimum absolute atomic E-state index is 0.0356. The summed E-state index contributed by atoms with van der Waals surface area (Å²) in [6, 6.07) is 1.84. The maximum Gasteiger partial charge on any atom is 0.254 e. The Kier molecular flexibility index (Phi) is 4.87. The molecule has 0 radical (unpaired) electrons. The number of thioether (sulfide) groups is 1. The Bertz CT molecular complexity index is 405. The van der Waals surface area contributed by atoms with Crippen LogP contribution in [0.25, 0.3) is 0 Å². The molecule has 1 aliphatic heterocycles. The average molecular weight is 265 g/mol. The van der Waals surface area contributed by atoms with Gasteiger partial charge in [-0.25, -0.2) is 0 Å². The van der Waals surface area contributed by atoms with Crippen molar-refractivity contribution in [2.24, 2.45) is 0 Å². The van der Waals surface area contributed by atoms with Gasteiger partial charge in [-0.3, -0.25) is 9.78 Å². The van der Waals surface area contributed by atoms with Crippen molar-refractivity contribution in [2.45, 2.75) is 25.0 Å². The van der Waals surface area contributed by atoms with Gasteiger partial charge in [-0.05, 0) is 31.6 Å². The minimum Gasteiger partial charge on any atom is -0.385 e. The summed E-state index contributed by atoms with van der Waals surface area (Å²) in [7, 11) is 0. The third kappa shape index (κ3) is 3.38. The molecule has 0 saturated carbocycles. The van der Waals surface area contributed by atoms with Crippen molar-refractivity contribution < 1.29 is 4.79 Å². The smallest absolute Gasteiger partial charge is 0.254 e. The molecule has 98 valence electrons. The number of rotatable bonds is 5. The summed E-state index contributed by atoms with van der Waals surface area (Å²) in [5.41, 5.74) is 1.48. The highest BCUT2D eigenvalue weighted by Gasteiger charge is 2.17. The molecule has 0 aliphatic carbocycles. The van der Waals surface area contributed by atoms with E-state index in [0.29, 0.717) is 10.8 Å². The lowest BCUT2D eigenvalue weighted by molar-refractivity contribution is 0.0954. The molecule has 18 heavy (non-hydrogen) atoms. The van der Waals surface area contributed by atoms with Gasteiger partial charge in [-0.1, -0.05) is 0 Å². The molecule has 1 amide bonds. The third-order valence-corrected chi connectivity index (χ3v) is 4.35. The summed E-state index contributed by atoms with van der Waals surface area (Å²) in [4.78, 5) is 16.1. The zero-order chi connectivity index (χ0) is 12.8. The summed E-state index contributed by atoms with van der Waals surface area (Å²) >= 11 is 1.95. The van der Waals surface area contributed by atoms with Crippen LogP contribution in [0.15, 0.2) is 18.5 Å². The van der Waals surface area contributed by atoms with E-state index in [1.165, 1.54) is 18.6 Å². The van der Waals surface area contributed by atoms with Gasteiger partial charge in [0.2, 0.25) is 0 Å². The van der Waals surface area contributed by atoms with Gasteiger partial charge in [0.05, 0.1) is 11.3 Å². The van der Waals surface area contributed by atoms with Crippen molar-refractivity contribution in [3.63, 3.8) is 0 Å². The Hall–Kier alpha value is -1.23. The second kappa shape index (κ2) is 6.64. The van der Waals surface area contributed by atoms with Crippen LogP contribution in [0.4, 0.5) is 5.69 Å². The topological polar surface area (TPSA) is 54.0 Å². The monoisotopic (exact) mass is 265 g/mol. The fourth-order valence-electron chi connectivity index (χ4n) is 2.03. The van der Waals surface area contributed by atoms with Crippen LogP contribution in [-0.4, -0.2) is 35.0 Å². The van der Waals surface area contributed by atoms with E-state index < -0.39 is 0 Å². The van der Waals surface area contributed by atoms with Crippen molar-refractivity contribution >= 4 is 23.4 Å². The summed E-state index contributed by atoms with van der Waals surface area (Å²) in [6.07, 6.45) is 5.79. The van der Waals surface area contributed by atoms with Crippen LogP contribution in [-0.2, 0) is 0 Å². The van der Waals surface area contributed by atoms with E-state index in [0.717, 1.165) is 18.8 Å². The van der Waals surface area contributed by atoms with Gasteiger partial charge in [0, 0.05) is 30.7 Å². The van der Waals surface area contributed by atoms with Crippen LogP contribution in [0.5, 0.6) is 0 Å². The molecule has 1 aromatic rings. The average Bonchev–Trinajstić information content (AvgIpc) is 2.90. The van der Waals surface area contributed by atoms with Gasteiger partial charge in [-0.2, -0.15) is 11.8 Å². The molecule has 1 fully saturated rings. The molecule has 2 N–H and O–H groups in total. The molecule has 0 spiro atoms. The first kappa shape index (κ1) is 13.2. The highest BCUT2D eigenvalue weighted by molar-refractivity contribution is 8.00. The molecule has 1 unspecified atom stereocenters. The number of hydrogen-bond donors (Lipinski definition) is 2. The number of amides is 1. The van der Waals surface area contributed by atoms with E-state index in [1.807, 2.05) is 24.8 Å². The molecule has 1 aromatic heterocycles. The van der Waals surface area contributed by atoms with Gasteiger partial charge < -0.3 is 10.6 Å². The van der Waals surface area contributed by atoms with Crippen molar-refractivity contribution in [2.75, 3.05) is 24.2 Å². The number of carbonyl (C=O) groups is 1. The fourth-order valence-corrected chi connectivity index (χ4v) is 3.23. The second-order valence-electron chi connectivity index (χ2n) is 4.30. The van der Waals surface area contributed by atoms with E-state index in [-0.39, 0.29) is 5.91 Å². The van der Waals surface area contributed by atoms with E-state index >= 15 is 0 Å². The van der Waals surface area contributed by atoms with E-state index in [1.54, 1.807) is 12.4 Å². The summed E-state index contributed by atoms with van der Waals surface area (Å²) in [6.45, 7) is 3.56. The van der Waals surface area contributed by atoms with E-state index in [9.17, 15) is 4.79 Å². The summed E-state index contributed by atoms with van der Waals surface area (Å²) < 4.78 is 0. The largest absolute Gasteiger partial charge is 0.385 e. The van der Waals surface area contributed by atoms with Crippen LogP contribution >= 0.6 is 11.8 Å². The van der Waals surface area contributed by atoms with E-state index in [4.69, 9.17) is 0 Å². The normalized spacial score (nSPS) is 18.6. The molecular weight excluding hydrogens is 246 g/mol.